The first kappa shape index (κ1) is 12.8. The van der Waals surface area contributed by atoms with E-state index in [1.54, 1.807) is 11.3 Å². The van der Waals surface area contributed by atoms with E-state index in [-0.39, 0.29) is 6.04 Å². The summed E-state index contributed by atoms with van der Waals surface area (Å²) in [6, 6.07) is 4.14. The second kappa shape index (κ2) is 5.33. The van der Waals surface area contributed by atoms with Crippen molar-refractivity contribution in [3.05, 3.63) is 31.9 Å². The number of nitrogens with zero attached hydrogens (tertiary/aromatic N) is 2. The Kier molecular flexibility index (Phi) is 4.01. The Hall–Kier alpha value is -0.650. The zero-order chi connectivity index (χ0) is 12.4. The van der Waals surface area contributed by atoms with E-state index in [4.69, 9.17) is 23.8 Å². The molecule has 0 amide bonds. The van der Waals surface area contributed by atoms with Crippen LogP contribution in [-0.2, 0) is 6.42 Å². The van der Waals surface area contributed by atoms with Crippen LogP contribution in [0.3, 0.4) is 0 Å². The van der Waals surface area contributed by atoms with Gasteiger partial charge in [0.15, 0.2) is 4.77 Å². The van der Waals surface area contributed by atoms with Crippen LogP contribution in [-0.4, -0.2) is 14.8 Å². The molecule has 1 atom stereocenters. The molecule has 2 aromatic rings. The quantitative estimate of drug-likeness (QED) is 0.854. The highest BCUT2D eigenvalue weighted by atomic mass is 35.5. The summed E-state index contributed by atoms with van der Waals surface area (Å²) in [5.41, 5.74) is 0. The summed E-state index contributed by atoms with van der Waals surface area (Å²) in [6.45, 7) is 4.25. The van der Waals surface area contributed by atoms with Crippen LogP contribution in [0, 0.1) is 4.77 Å². The van der Waals surface area contributed by atoms with Gasteiger partial charge in [0.2, 0.25) is 0 Å². The average molecular weight is 288 g/mol. The number of nitrogens with one attached hydrogen (secondary N) is 1. The maximum atomic E-state index is 5.97. The topological polar surface area (TPSA) is 33.6 Å². The minimum atomic E-state index is 0.181. The van der Waals surface area contributed by atoms with Crippen molar-refractivity contribution >= 4 is 35.2 Å². The Morgan fingerprint density at radius 2 is 2.35 bits per heavy atom. The Balaban J connectivity index is 2.39. The van der Waals surface area contributed by atoms with E-state index in [9.17, 15) is 0 Å². The van der Waals surface area contributed by atoms with Crippen LogP contribution >= 0.6 is 35.2 Å². The molecule has 0 aliphatic carbocycles. The first-order valence-corrected chi connectivity index (χ1v) is 7.14. The molecular weight excluding hydrogens is 274 g/mol. The monoisotopic (exact) mass is 287 g/mol. The number of rotatable bonds is 4. The molecule has 0 saturated heterocycles. The zero-order valence-corrected chi connectivity index (χ0v) is 12.1. The molecular formula is C11H14ClN3S2. The van der Waals surface area contributed by atoms with Gasteiger partial charge in [0.05, 0.1) is 10.4 Å². The standard InChI is InChI=1S/C11H14ClN3S2/c1-3-4-10-13-14-11(16)15(10)7(2)8-5-6-9(12)17-8/h5-7H,3-4H2,1-2H3,(H,14,16). The van der Waals surface area contributed by atoms with Crippen molar-refractivity contribution < 1.29 is 0 Å². The van der Waals surface area contributed by atoms with Crippen molar-refractivity contribution in [1.29, 1.82) is 0 Å². The normalized spacial score (nSPS) is 12.9. The molecule has 3 nitrogen and oxygen atoms in total. The van der Waals surface area contributed by atoms with Gasteiger partial charge in [-0.15, -0.1) is 11.3 Å². The molecule has 0 aliphatic heterocycles. The molecule has 0 fully saturated rings. The number of hydrogen-bond donors (Lipinski definition) is 1. The van der Waals surface area contributed by atoms with Gasteiger partial charge in [-0.1, -0.05) is 18.5 Å². The fraction of sp³-hybridized carbons (Fsp3) is 0.455. The van der Waals surface area contributed by atoms with E-state index >= 15 is 0 Å². The minimum absolute atomic E-state index is 0.181. The summed E-state index contributed by atoms with van der Waals surface area (Å²) in [6.07, 6.45) is 1.98. The SMILES string of the molecule is CCCc1n[nH]c(=S)n1C(C)c1ccc(Cl)s1. The Morgan fingerprint density at radius 3 is 2.94 bits per heavy atom. The van der Waals surface area contributed by atoms with Crippen LogP contribution in [0.15, 0.2) is 12.1 Å². The van der Waals surface area contributed by atoms with E-state index < -0.39 is 0 Å². The van der Waals surface area contributed by atoms with E-state index in [0.29, 0.717) is 4.77 Å². The largest absolute Gasteiger partial charge is 0.296 e. The van der Waals surface area contributed by atoms with Crippen molar-refractivity contribution in [1.82, 2.24) is 14.8 Å². The average Bonchev–Trinajstić information content (AvgIpc) is 2.86. The van der Waals surface area contributed by atoms with Gasteiger partial charge in [0.1, 0.15) is 5.82 Å². The number of halogens is 1. The number of aryl methyl sites for hydroxylation is 1. The lowest BCUT2D eigenvalue weighted by molar-refractivity contribution is 0.598. The summed E-state index contributed by atoms with van der Waals surface area (Å²) < 4.78 is 3.55. The van der Waals surface area contributed by atoms with Gasteiger partial charge in [-0.3, -0.25) is 9.67 Å². The molecule has 17 heavy (non-hydrogen) atoms. The lowest BCUT2D eigenvalue weighted by atomic mass is 10.2. The molecule has 2 rings (SSSR count). The number of hydrogen-bond acceptors (Lipinski definition) is 3. The second-order valence-corrected chi connectivity index (χ2v) is 6.02. The molecule has 2 heterocycles. The van der Waals surface area contributed by atoms with Crippen LogP contribution in [0.2, 0.25) is 4.34 Å². The molecule has 0 aliphatic rings. The smallest absolute Gasteiger partial charge is 0.195 e. The molecule has 1 unspecified atom stereocenters. The van der Waals surface area contributed by atoms with Crippen molar-refractivity contribution in [3.63, 3.8) is 0 Å². The Labute approximate surface area is 114 Å². The molecule has 6 heteroatoms. The van der Waals surface area contributed by atoms with Crippen LogP contribution in [0.4, 0.5) is 0 Å². The van der Waals surface area contributed by atoms with Crippen LogP contribution < -0.4 is 0 Å². The number of aromatic nitrogens is 3. The first-order chi connectivity index (χ1) is 8.13. The van der Waals surface area contributed by atoms with Gasteiger partial charge in [-0.2, -0.15) is 5.10 Å². The third-order valence-electron chi connectivity index (χ3n) is 2.64. The van der Waals surface area contributed by atoms with E-state index in [0.717, 1.165) is 23.0 Å². The fourth-order valence-electron chi connectivity index (χ4n) is 1.82. The van der Waals surface area contributed by atoms with Crippen LogP contribution in [0.1, 0.15) is 37.0 Å². The van der Waals surface area contributed by atoms with Gasteiger partial charge in [-0.25, -0.2) is 0 Å². The number of aromatic amines is 1. The molecule has 0 bridgehead atoms. The molecule has 1 N–H and O–H groups in total. The van der Waals surface area contributed by atoms with Crippen LogP contribution in [0.25, 0.3) is 0 Å². The number of H-pyrrole nitrogens is 1. The third kappa shape index (κ3) is 2.61. The highest BCUT2D eigenvalue weighted by molar-refractivity contribution is 7.71. The van der Waals surface area contributed by atoms with Gasteiger partial charge >= 0.3 is 0 Å². The summed E-state index contributed by atoms with van der Waals surface area (Å²) in [4.78, 5) is 1.20. The third-order valence-corrected chi connectivity index (χ3v) is 4.33. The molecule has 2 aromatic heterocycles. The van der Waals surface area contributed by atoms with Crippen molar-refractivity contribution in [3.8, 4) is 0 Å². The summed E-state index contributed by atoms with van der Waals surface area (Å²) in [7, 11) is 0. The van der Waals surface area contributed by atoms with Gasteiger partial charge in [-0.05, 0) is 37.7 Å². The fourth-order valence-corrected chi connectivity index (χ4v) is 3.23. The lowest BCUT2D eigenvalue weighted by Crippen LogP contribution is -2.09. The van der Waals surface area contributed by atoms with E-state index in [2.05, 4.69) is 28.6 Å². The van der Waals surface area contributed by atoms with Gasteiger partial charge in [0.25, 0.3) is 0 Å². The molecule has 0 saturated carbocycles. The zero-order valence-electron chi connectivity index (χ0n) is 9.74. The van der Waals surface area contributed by atoms with Crippen LogP contribution in [0.5, 0.6) is 0 Å². The highest BCUT2D eigenvalue weighted by Gasteiger charge is 2.15. The van der Waals surface area contributed by atoms with Gasteiger partial charge < -0.3 is 0 Å². The Bertz CT molecular complexity index is 555. The molecule has 0 spiro atoms. The van der Waals surface area contributed by atoms with Gasteiger partial charge in [0, 0.05) is 11.3 Å². The highest BCUT2D eigenvalue weighted by Crippen LogP contribution is 2.29. The predicted octanol–water partition coefficient (Wildman–Crippen LogP) is 4.22. The number of thiophene rings is 1. The minimum Gasteiger partial charge on any atom is -0.296 e. The summed E-state index contributed by atoms with van der Waals surface area (Å²) in [5, 5.41) is 7.14. The maximum Gasteiger partial charge on any atom is 0.195 e. The van der Waals surface area contributed by atoms with Crippen molar-refractivity contribution in [2.24, 2.45) is 0 Å². The maximum absolute atomic E-state index is 5.97. The summed E-state index contributed by atoms with van der Waals surface area (Å²) in [5.74, 6) is 1.01. The lowest BCUT2D eigenvalue weighted by Gasteiger charge is -2.13. The molecule has 0 aromatic carbocycles. The van der Waals surface area contributed by atoms with Crippen molar-refractivity contribution in [2.45, 2.75) is 32.7 Å². The summed E-state index contributed by atoms with van der Waals surface area (Å²) >= 11 is 12.8. The second-order valence-electron chi connectivity index (χ2n) is 3.88. The first-order valence-electron chi connectivity index (χ1n) is 5.54. The van der Waals surface area contributed by atoms with Crippen molar-refractivity contribution in [2.75, 3.05) is 0 Å². The van der Waals surface area contributed by atoms with E-state index in [1.807, 2.05) is 12.1 Å². The predicted molar refractivity (Wildman–Crippen MR) is 74.5 cm³/mol. The molecule has 92 valence electrons. The molecule has 0 radical (unpaired) electrons. The Morgan fingerprint density at radius 1 is 1.59 bits per heavy atom. The van der Waals surface area contributed by atoms with E-state index in [1.165, 1.54) is 4.88 Å².